The molecule has 25 heavy (non-hydrogen) atoms. The summed E-state index contributed by atoms with van der Waals surface area (Å²) in [7, 11) is 0. The van der Waals surface area contributed by atoms with Crippen molar-refractivity contribution in [3.8, 4) is 0 Å². The van der Waals surface area contributed by atoms with Gasteiger partial charge in [0.05, 0.1) is 0 Å². The van der Waals surface area contributed by atoms with Gasteiger partial charge in [0.1, 0.15) is 12.3 Å². The summed E-state index contributed by atoms with van der Waals surface area (Å²) in [5.41, 5.74) is 5.19. The number of hydrogen-bond donors (Lipinski definition) is 3. The average Bonchev–Trinajstić information content (AvgIpc) is 3.04. The standard InChI is InChI=1S/C17H29N5O2.HI/c1-3-9-22-10-7-13(8-11-22)21-17(19-4-2)20-12-14-5-6-15(24-14)16(18)23;/h5-6,13H,3-4,7-12H2,1-2H3,(H2,18,23)(H2,19,20,21);1H. The van der Waals surface area contributed by atoms with Crippen molar-refractivity contribution in [3.05, 3.63) is 23.7 Å². The molecule has 0 bridgehead atoms. The number of nitrogens with two attached hydrogens (primary N) is 1. The summed E-state index contributed by atoms with van der Waals surface area (Å²) in [6.45, 7) is 8.87. The second-order valence-electron chi connectivity index (χ2n) is 6.09. The van der Waals surface area contributed by atoms with Gasteiger partial charge in [-0.2, -0.15) is 0 Å². The Morgan fingerprint density at radius 2 is 2.08 bits per heavy atom. The van der Waals surface area contributed by atoms with Crippen LogP contribution in [0.5, 0.6) is 0 Å². The number of furan rings is 1. The number of likely N-dealkylation sites (tertiary alicyclic amines) is 1. The number of guanidine groups is 1. The summed E-state index contributed by atoms with van der Waals surface area (Å²) >= 11 is 0. The van der Waals surface area contributed by atoms with Gasteiger partial charge in [0.15, 0.2) is 11.7 Å². The molecule has 1 aliphatic heterocycles. The number of amides is 1. The van der Waals surface area contributed by atoms with Crippen LogP contribution >= 0.6 is 24.0 Å². The van der Waals surface area contributed by atoms with Gasteiger partial charge < -0.3 is 25.7 Å². The number of primary amides is 1. The van der Waals surface area contributed by atoms with Crippen LogP contribution in [0.1, 0.15) is 49.4 Å². The molecule has 0 aromatic carbocycles. The van der Waals surface area contributed by atoms with E-state index in [1.54, 1.807) is 12.1 Å². The maximum absolute atomic E-state index is 11.1. The van der Waals surface area contributed by atoms with Crippen molar-refractivity contribution in [3.63, 3.8) is 0 Å². The lowest BCUT2D eigenvalue weighted by Gasteiger charge is -2.32. The number of carbonyl (C=O) groups excluding carboxylic acids is 1. The second kappa shape index (κ2) is 11.3. The van der Waals surface area contributed by atoms with Gasteiger partial charge in [-0.1, -0.05) is 6.92 Å². The highest BCUT2D eigenvalue weighted by atomic mass is 127. The molecule has 2 heterocycles. The summed E-state index contributed by atoms with van der Waals surface area (Å²) in [5, 5.41) is 6.76. The molecule has 0 spiro atoms. The van der Waals surface area contributed by atoms with Crippen molar-refractivity contribution in [1.82, 2.24) is 15.5 Å². The van der Waals surface area contributed by atoms with Crippen molar-refractivity contribution in [1.29, 1.82) is 0 Å². The van der Waals surface area contributed by atoms with Gasteiger partial charge in [-0.25, -0.2) is 4.99 Å². The fraction of sp³-hybridized carbons (Fsp3) is 0.647. The summed E-state index contributed by atoms with van der Waals surface area (Å²) in [5.74, 6) is 1.01. The first-order valence-electron chi connectivity index (χ1n) is 8.78. The molecule has 7 nitrogen and oxygen atoms in total. The van der Waals surface area contributed by atoms with E-state index in [1.165, 1.54) is 13.0 Å². The molecule has 4 N–H and O–H groups in total. The number of nitrogens with one attached hydrogen (secondary N) is 2. The smallest absolute Gasteiger partial charge is 0.284 e. The van der Waals surface area contributed by atoms with Crippen LogP contribution in [0.2, 0.25) is 0 Å². The molecule has 0 unspecified atom stereocenters. The Morgan fingerprint density at radius 3 is 2.64 bits per heavy atom. The highest BCUT2D eigenvalue weighted by molar-refractivity contribution is 14.0. The second-order valence-corrected chi connectivity index (χ2v) is 6.09. The predicted octanol–water partition coefficient (Wildman–Crippen LogP) is 1.93. The van der Waals surface area contributed by atoms with Gasteiger partial charge in [0.2, 0.25) is 0 Å². The third-order valence-corrected chi connectivity index (χ3v) is 4.11. The molecule has 0 aliphatic carbocycles. The van der Waals surface area contributed by atoms with Crippen LogP contribution in [0.25, 0.3) is 0 Å². The summed E-state index contributed by atoms with van der Waals surface area (Å²) < 4.78 is 5.36. The van der Waals surface area contributed by atoms with Crippen LogP contribution in [0.3, 0.4) is 0 Å². The first-order valence-corrected chi connectivity index (χ1v) is 8.78. The fourth-order valence-electron chi connectivity index (χ4n) is 2.88. The minimum atomic E-state index is -0.561. The molecule has 1 saturated heterocycles. The average molecular weight is 463 g/mol. The Balaban J connectivity index is 0.00000312. The van der Waals surface area contributed by atoms with Gasteiger partial charge in [-0.15, -0.1) is 24.0 Å². The molecule has 2 rings (SSSR count). The SMILES string of the molecule is CCCN1CCC(NC(=NCc2ccc(C(N)=O)o2)NCC)CC1.I. The van der Waals surface area contributed by atoms with E-state index >= 15 is 0 Å². The monoisotopic (exact) mass is 463 g/mol. The lowest BCUT2D eigenvalue weighted by atomic mass is 10.1. The van der Waals surface area contributed by atoms with Crippen LogP contribution in [0.4, 0.5) is 0 Å². The van der Waals surface area contributed by atoms with Gasteiger partial charge in [0, 0.05) is 25.7 Å². The van der Waals surface area contributed by atoms with E-state index in [0.29, 0.717) is 18.3 Å². The van der Waals surface area contributed by atoms with Gasteiger partial charge in [-0.3, -0.25) is 4.79 Å². The number of halogens is 1. The van der Waals surface area contributed by atoms with Gasteiger partial charge in [-0.05, 0) is 44.9 Å². The highest BCUT2D eigenvalue weighted by Gasteiger charge is 2.19. The minimum Gasteiger partial charge on any atom is -0.454 e. The van der Waals surface area contributed by atoms with Gasteiger partial charge in [0.25, 0.3) is 5.91 Å². The van der Waals surface area contributed by atoms with Crippen LogP contribution in [-0.2, 0) is 6.54 Å². The zero-order chi connectivity index (χ0) is 17.4. The number of rotatable bonds is 7. The van der Waals surface area contributed by atoms with Crippen molar-refractivity contribution in [2.75, 3.05) is 26.2 Å². The Kier molecular flexibility index (Phi) is 9.88. The molecule has 142 valence electrons. The first kappa shape index (κ1) is 21.8. The Morgan fingerprint density at radius 1 is 1.36 bits per heavy atom. The van der Waals surface area contributed by atoms with Crippen LogP contribution < -0.4 is 16.4 Å². The zero-order valence-corrected chi connectivity index (χ0v) is 17.4. The van der Waals surface area contributed by atoms with Crippen LogP contribution in [0, 0.1) is 0 Å². The quantitative estimate of drug-likeness (QED) is 0.326. The number of carbonyl (C=O) groups is 1. The van der Waals surface area contributed by atoms with Crippen molar-refractivity contribution < 1.29 is 9.21 Å². The molecule has 1 aliphatic rings. The van der Waals surface area contributed by atoms with Gasteiger partial charge >= 0.3 is 0 Å². The van der Waals surface area contributed by atoms with E-state index in [-0.39, 0.29) is 29.7 Å². The van der Waals surface area contributed by atoms with Crippen molar-refractivity contribution in [2.45, 2.75) is 45.7 Å². The summed E-state index contributed by atoms with van der Waals surface area (Å²) in [6.07, 6.45) is 3.45. The Hall–Kier alpha value is -1.29. The number of piperidine rings is 1. The molecular formula is C17H30IN5O2. The fourth-order valence-corrected chi connectivity index (χ4v) is 2.88. The molecule has 1 aromatic rings. The molecule has 1 amide bonds. The Bertz CT molecular complexity index is 553. The molecule has 0 saturated carbocycles. The summed E-state index contributed by atoms with van der Waals surface area (Å²) in [6, 6.07) is 3.75. The number of hydrogen-bond acceptors (Lipinski definition) is 4. The number of aliphatic imine (C=N–C) groups is 1. The normalized spacial score (nSPS) is 16.3. The summed E-state index contributed by atoms with van der Waals surface area (Å²) in [4.78, 5) is 18.1. The molecule has 1 fully saturated rings. The number of nitrogens with zero attached hydrogens (tertiary/aromatic N) is 2. The van der Waals surface area contributed by atoms with E-state index < -0.39 is 5.91 Å². The zero-order valence-electron chi connectivity index (χ0n) is 15.1. The van der Waals surface area contributed by atoms with Crippen LogP contribution in [0.15, 0.2) is 21.5 Å². The van der Waals surface area contributed by atoms with E-state index in [2.05, 4.69) is 27.4 Å². The minimum absolute atomic E-state index is 0. The van der Waals surface area contributed by atoms with Crippen LogP contribution in [-0.4, -0.2) is 49.0 Å². The van der Waals surface area contributed by atoms with E-state index in [9.17, 15) is 4.79 Å². The molecule has 0 atom stereocenters. The third-order valence-electron chi connectivity index (χ3n) is 4.11. The molecule has 1 aromatic heterocycles. The third kappa shape index (κ3) is 7.23. The van der Waals surface area contributed by atoms with Crippen molar-refractivity contribution in [2.24, 2.45) is 10.7 Å². The first-order chi connectivity index (χ1) is 11.6. The maximum Gasteiger partial charge on any atom is 0.284 e. The topological polar surface area (TPSA) is 95.9 Å². The van der Waals surface area contributed by atoms with E-state index in [0.717, 1.165) is 38.4 Å². The lowest BCUT2D eigenvalue weighted by molar-refractivity contribution is 0.0972. The predicted molar refractivity (Wildman–Crippen MR) is 110 cm³/mol. The highest BCUT2D eigenvalue weighted by Crippen LogP contribution is 2.11. The maximum atomic E-state index is 11.1. The largest absolute Gasteiger partial charge is 0.454 e. The Labute approximate surface area is 166 Å². The molecule has 0 radical (unpaired) electrons. The van der Waals surface area contributed by atoms with E-state index in [4.69, 9.17) is 10.2 Å². The molecular weight excluding hydrogens is 433 g/mol. The molecule has 8 heteroatoms. The van der Waals surface area contributed by atoms with E-state index in [1.807, 2.05) is 6.92 Å². The lowest BCUT2D eigenvalue weighted by Crippen LogP contribution is -2.48. The van der Waals surface area contributed by atoms with Crippen molar-refractivity contribution >= 4 is 35.8 Å².